The highest BCUT2D eigenvalue weighted by Gasteiger charge is 2.56. The first kappa shape index (κ1) is 53.3. The summed E-state index contributed by atoms with van der Waals surface area (Å²) in [6, 6.07) is 0.174. The third kappa shape index (κ3) is 14.4. The van der Waals surface area contributed by atoms with Crippen LogP contribution in [0, 0.1) is 0 Å². The van der Waals surface area contributed by atoms with Crippen molar-refractivity contribution in [2.75, 3.05) is 38.7 Å². The van der Waals surface area contributed by atoms with Gasteiger partial charge in [0.15, 0.2) is 25.0 Å². The molecule has 0 aromatic rings. The van der Waals surface area contributed by atoms with Gasteiger partial charge in [-0.15, -0.1) is 0 Å². The Bertz CT molecular complexity index is 1690. The van der Waals surface area contributed by atoms with Gasteiger partial charge in [0.25, 0.3) is 0 Å². The fourth-order valence-electron chi connectivity index (χ4n) is 8.02. The summed E-state index contributed by atoms with van der Waals surface area (Å²) >= 11 is 1.83. The molecule has 5 saturated heterocycles. The largest absolute Gasteiger partial charge is 0.479 e. The van der Waals surface area contributed by atoms with E-state index in [1.807, 2.05) is 11.8 Å². The maximum atomic E-state index is 12.4. The van der Waals surface area contributed by atoms with Crippen molar-refractivity contribution in [3.05, 3.63) is 0 Å². The molecule has 65 heavy (non-hydrogen) atoms. The molecule has 0 saturated carbocycles. The Kier molecular flexibility index (Phi) is 20.1. The third-order valence-corrected chi connectivity index (χ3v) is 13.4. The maximum Gasteiger partial charge on any atom is 0.397 e. The van der Waals surface area contributed by atoms with Gasteiger partial charge in [-0.25, -0.2) is 13.8 Å². The lowest BCUT2D eigenvalue weighted by atomic mass is 9.96. The second-order valence-corrected chi connectivity index (χ2v) is 18.4. The van der Waals surface area contributed by atoms with E-state index in [0.717, 1.165) is 25.0 Å². The van der Waals surface area contributed by atoms with Gasteiger partial charge in [0.05, 0.1) is 31.9 Å². The zero-order chi connectivity index (χ0) is 47.6. The summed E-state index contributed by atoms with van der Waals surface area (Å²) in [5.74, 6) is -1.31. The first-order valence-corrected chi connectivity index (χ1v) is 23.5. The SMILES string of the molecule is O=C(CCCC[C@@H]1SC[C@@H]2NC(=O)N[C@@H]21)NCCCCCC(=O)NCCO[C@@H]1O[C@H](CO)[C@H](O)[C@H](O[C@@H]2O[C@H](CO)[C@H](OS(=O)(=O)O)[C@H](O[C@@H]3O[C@H](C(=O)O)[C@@H](O)[C@H](O)[C@H]3O)[C@H]2O)[C@H]1O. The summed E-state index contributed by atoms with van der Waals surface area (Å²) in [7, 11) is -5.43. The highest BCUT2D eigenvalue weighted by Crippen LogP contribution is 2.35. The molecule has 0 aromatic heterocycles. The van der Waals surface area contributed by atoms with Crippen molar-refractivity contribution in [3.63, 3.8) is 0 Å². The number of amides is 4. The number of unbranched alkanes of at least 4 members (excludes halogenated alkanes) is 3. The monoisotopic (exact) mass is 980 g/mol. The van der Waals surface area contributed by atoms with Crippen molar-refractivity contribution in [3.8, 4) is 0 Å². The lowest BCUT2D eigenvalue weighted by molar-refractivity contribution is -0.377. The first-order chi connectivity index (χ1) is 30.8. The molecule has 29 heteroatoms. The van der Waals surface area contributed by atoms with Crippen LogP contribution in [0.3, 0.4) is 0 Å². The molecule has 18 atom stereocenters. The summed E-state index contributed by atoms with van der Waals surface area (Å²) in [6.07, 6.45) is -25.8. The molecule has 5 heterocycles. The molecular formula is C36H60N4O23S2. The van der Waals surface area contributed by atoms with Gasteiger partial charge in [-0.1, -0.05) is 12.8 Å². The molecule has 5 fully saturated rings. The number of aliphatic hydroxyl groups is 8. The van der Waals surface area contributed by atoms with E-state index in [1.54, 1.807) is 0 Å². The van der Waals surface area contributed by atoms with E-state index in [9.17, 15) is 78.1 Å². The molecule has 0 bridgehead atoms. The van der Waals surface area contributed by atoms with E-state index in [-0.39, 0.29) is 49.5 Å². The summed E-state index contributed by atoms with van der Waals surface area (Å²) in [4.78, 5) is 47.9. The Morgan fingerprint density at radius 3 is 1.98 bits per heavy atom. The van der Waals surface area contributed by atoms with E-state index in [1.165, 1.54) is 0 Å². The number of thioether (sulfide) groups is 1. The highest BCUT2D eigenvalue weighted by atomic mass is 32.3. The number of carbonyl (C=O) groups excluding carboxylic acids is 3. The molecule has 0 spiro atoms. The van der Waals surface area contributed by atoms with Crippen LogP contribution in [0.25, 0.3) is 0 Å². The molecule has 0 aliphatic carbocycles. The molecule has 5 aliphatic rings. The number of aliphatic carboxylic acids is 1. The van der Waals surface area contributed by atoms with E-state index in [4.69, 9.17) is 28.4 Å². The number of ether oxygens (including phenoxy) is 6. The molecule has 4 amide bonds. The van der Waals surface area contributed by atoms with Crippen LogP contribution in [0.5, 0.6) is 0 Å². The molecule has 374 valence electrons. The van der Waals surface area contributed by atoms with Gasteiger partial charge in [-0.05, 0) is 25.7 Å². The van der Waals surface area contributed by atoms with Crippen molar-refractivity contribution in [2.24, 2.45) is 0 Å². The summed E-state index contributed by atoms with van der Waals surface area (Å²) < 4.78 is 70.2. The zero-order valence-corrected chi connectivity index (χ0v) is 36.5. The minimum absolute atomic E-state index is 0.0496. The van der Waals surface area contributed by atoms with E-state index >= 15 is 0 Å². The second-order valence-electron chi connectivity index (χ2n) is 16.1. The van der Waals surface area contributed by atoms with E-state index < -0.39 is 122 Å². The van der Waals surface area contributed by atoms with Crippen LogP contribution in [0.2, 0.25) is 0 Å². The summed E-state index contributed by atoms with van der Waals surface area (Å²) in [5.41, 5.74) is 0. The van der Waals surface area contributed by atoms with Gasteiger partial charge in [0.1, 0.15) is 67.1 Å². The molecular weight excluding hydrogens is 921 g/mol. The van der Waals surface area contributed by atoms with Crippen molar-refractivity contribution < 1.29 is 111 Å². The van der Waals surface area contributed by atoms with Gasteiger partial charge in [0, 0.05) is 36.9 Å². The molecule has 5 rings (SSSR count). The quantitative estimate of drug-likeness (QED) is 0.0243. The summed E-state index contributed by atoms with van der Waals surface area (Å²) in [5, 5.41) is 105. The topological polar surface area (TPSA) is 417 Å². The van der Waals surface area contributed by atoms with E-state index in [0.29, 0.717) is 37.5 Å². The van der Waals surface area contributed by atoms with E-state index in [2.05, 4.69) is 25.5 Å². The number of carboxylic acid groups (broad SMARTS) is 1. The second kappa shape index (κ2) is 24.6. The van der Waals surface area contributed by atoms with Crippen LogP contribution >= 0.6 is 11.8 Å². The lowest BCUT2D eigenvalue weighted by Crippen LogP contribution is -2.67. The maximum absolute atomic E-state index is 12.4. The van der Waals surface area contributed by atoms with Crippen molar-refractivity contribution in [2.45, 2.75) is 161 Å². The smallest absolute Gasteiger partial charge is 0.397 e. The Morgan fingerprint density at radius 1 is 0.708 bits per heavy atom. The molecule has 27 nitrogen and oxygen atoms in total. The predicted molar refractivity (Wildman–Crippen MR) is 214 cm³/mol. The standard InChI is InChI=1S/C36H60N4O23S2/c41-12-16-22(45)29(60-35-27(50)30(28(17(13-42)59-35)63-65(54,55)56)61-34-25(48)23(46)24(47)31(62-34)32(51)52)26(49)33(58-16)57-11-10-38-20(44)7-2-1-5-9-37-19(43)8-4-3-6-18-21-15(14-64-18)39-36(53)40-21/h15-18,21-31,33-35,41-42,45-50H,1-14H2,(H,37,43)(H,38,44)(H,51,52)(H2,39,40,53)(H,54,55,56)/t15-,16+,17+,18-,21-,22-,23-,24-,25+,26+,27+,28-,29-,30+,31-,33+,34+,35-/m0/s1. The minimum atomic E-state index is -5.43. The molecule has 0 unspecified atom stereocenters. The summed E-state index contributed by atoms with van der Waals surface area (Å²) in [6.45, 7) is -1.90. The number of rotatable bonds is 24. The van der Waals surface area contributed by atoms with Crippen LogP contribution in [0.1, 0.15) is 51.4 Å². The average Bonchev–Trinajstić information content (AvgIpc) is 3.81. The van der Waals surface area contributed by atoms with Crippen LogP contribution in [-0.2, 0) is 57.4 Å². The fourth-order valence-corrected chi connectivity index (χ4v) is 10.1. The van der Waals surface area contributed by atoms with Crippen LogP contribution in [-0.4, -0.2) is 231 Å². The normalized spacial score (nSPS) is 38.4. The molecule has 14 N–H and O–H groups in total. The number of urea groups is 1. The minimum Gasteiger partial charge on any atom is -0.479 e. The number of carbonyl (C=O) groups is 4. The van der Waals surface area contributed by atoms with Crippen LogP contribution in [0.4, 0.5) is 4.79 Å². The number of hydrogen-bond acceptors (Lipinski definition) is 22. The van der Waals surface area contributed by atoms with Crippen LogP contribution in [0.15, 0.2) is 0 Å². The lowest BCUT2D eigenvalue weighted by Gasteiger charge is -2.48. The highest BCUT2D eigenvalue weighted by molar-refractivity contribution is 8.00. The fraction of sp³-hybridized carbons (Fsp3) is 0.889. The Morgan fingerprint density at radius 2 is 1.32 bits per heavy atom. The third-order valence-electron chi connectivity index (χ3n) is 11.4. The predicted octanol–water partition coefficient (Wildman–Crippen LogP) is -6.11. The van der Waals surface area contributed by atoms with Crippen molar-refractivity contribution in [1.29, 1.82) is 0 Å². The van der Waals surface area contributed by atoms with Crippen LogP contribution < -0.4 is 21.3 Å². The first-order valence-electron chi connectivity index (χ1n) is 21.1. The van der Waals surface area contributed by atoms with Gasteiger partial charge >= 0.3 is 22.4 Å². The van der Waals surface area contributed by atoms with Gasteiger partial charge in [-0.2, -0.15) is 20.2 Å². The number of fused-ring (bicyclic) bond motifs is 1. The molecule has 0 aromatic carbocycles. The molecule has 5 aliphatic heterocycles. The van der Waals surface area contributed by atoms with Crippen molar-refractivity contribution >= 4 is 46.0 Å². The van der Waals surface area contributed by atoms with Gasteiger partial charge < -0.3 is 95.6 Å². The van der Waals surface area contributed by atoms with Crippen molar-refractivity contribution in [1.82, 2.24) is 21.3 Å². The number of carboxylic acids is 1. The number of aliphatic hydroxyl groups excluding tert-OH is 8. The zero-order valence-electron chi connectivity index (χ0n) is 34.9. The molecule has 0 radical (unpaired) electrons. The average molecular weight is 981 g/mol. The van der Waals surface area contributed by atoms with Gasteiger partial charge in [-0.3, -0.25) is 14.1 Å². The Balaban J connectivity index is 1.05. The Labute approximate surface area is 376 Å². The Hall–Kier alpha value is -2.66. The number of hydrogen-bond donors (Lipinski definition) is 14. The van der Waals surface area contributed by atoms with Gasteiger partial charge in [0.2, 0.25) is 11.8 Å². The number of nitrogens with one attached hydrogen (secondary N) is 4.